The number of hydrogen-bond donors (Lipinski definition) is 0. The first-order chi connectivity index (χ1) is 6.12. The Morgan fingerprint density at radius 1 is 1.46 bits per heavy atom. The summed E-state index contributed by atoms with van der Waals surface area (Å²) < 4.78 is 4.60. The predicted molar refractivity (Wildman–Crippen MR) is 44.9 cm³/mol. The fourth-order valence-corrected chi connectivity index (χ4v) is 2.27. The van der Waals surface area contributed by atoms with Gasteiger partial charge in [-0.3, -0.25) is 9.59 Å². The zero-order chi connectivity index (χ0) is 9.47. The van der Waals surface area contributed by atoms with Gasteiger partial charge in [0.25, 0.3) is 0 Å². The van der Waals surface area contributed by atoms with E-state index < -0.39 is 5.41 Å². The van der Waals surface area contributed by atoms with Gasteiger partial charge in [-0.25, -0.2) is 0 Å². The molecule has 2 heterocycles. The van der Waals surface area contributed by atoms with E-state index in [9.17, 15) is 9.59 Å². The second kappa shape index (κ2) is 2.80. The lowest BCUT2D eigenvalue weighted by atomic mass is 9.79. The molecular weight excluding hydrogens is 170 g/mol. The Bertz CT molecular complexity index is 264. The number of rotatable bonds is 0. The van der Waals surface area contributed by atoms with E-state index in [1.54, 1.807) is 0 Å². The van der Waals surface area contributed by atoms with Crippen molar-refractivity contribution in [1.82, 2.24) is 4.90 Å². The Kier molecular flexibility index (Phi) is 1.87. The minimum Gasteiger partial charge on any atom is -0.393 e. The number of esters is 2. The lowest BCUT2D eigenvalue weighted by Crippen LogP contribution is -2.43. The van der Waals surface area contributed by atoms with Gasteiger partial charge in [0.15, 0.2) is 0 Å². The van der Waals surface area contributed by atoms with E-state index in [2.05, 4.69) is 9.64 Å². The molecule has 1 spiro atoms. The highest BCUT2D eigenvalue weighted by Crippen LogP contribution is 2.38. The highest BCUT2D eigenvalue weighted by atomic mass is 16.6. The number of piperidine rings is 1. The third-order valence-electron chi connectivity index (χ3n) is 2.89. The van der Waals surface area contributed by atoms with Crippen molar-refractivity contribution in [3.8, 4) is 0 Å². The van der Waals surface area contributed by atoms with Crippen LogP contribution >= 0.6 is 0 Å². The molecule has 2 saturated heterocycles. The lowest BCUT2D eigenvalue weighted by molar-refractivity contribution is -0.156. The van der Waals surface area contributed by atoms with E-state index in [1.807, 2.05) is 7.05 Å². The highest BCUT2D eigenvalue weighted by Gasteiger charge is 2.50. The van der Waals surface area contributed by atoms with Crippen LogP contribution in [0.4, 0.5) is 0 Å². The van der Waals surface area contributed by atoms with Crippen LogP contribution in [0.3, 0.4) is 0 Å². The van der Waals surface area contributed by atoms with Gasteiger partial charge in [0.2, 0.25) is 0 Å². The number of nitrogens with zero attached hydrogens (tertiary/aromatic N) is 1. The molecule has 0 aromatic carbocycles. The summed E-state index contributed by atoms with van der Waals surface area (Å²) in [6.45, 7) is 1.67. The van der Waals surface area contributed by atoms with Crippen molar-refractivity contribution in [2.75, 3.05) is 20.1 Å². The van der Waals surface area contributed by atoms with Gasteiger partial charge in [0.1, 0.15) is 0 Å². The molecule has 4 nitrogen and oxygen atoms in total. The molecule has 0 aromatic rings. The van der Waals surface area contributed by atoms with Crippen molar-refractivity contribution >= 4 is 11.9 Å². The molecule has 72 valence electrons. The maximum atomic E-state index is 11.4. The summed E-state index contributed by atoms with van der Waals surface area (Å²) in [5, 5.41) is 0. The van der Waals surface area contributed by atoms with Crippen LogP contribution in [0.1, 0.15) is 19.3 Å². The summed E-state index contributed by atoms with van der Waals surface area (Å²) >= 11 is 0. The minimum absolute atomic E-state index is 0.274. The highest BCUT2D eigenvalue weighted by molar-refractivity contribution is 5.97. The van der Waals surface area contributed by atoms with Crippen LogP contribution in [-0.2, 0) is 14.3 Å². The number of carbonyl (C=O) groups excluding carboxylic acids is 2. The fraction of sp³-hybridized carbons (Fsp3) is 0.778. The van der Waals surface area contributed by atoms with E-state index in [4.69, 9.17) is 0 Å². The maximum absolute atomic E-state index is 11.4. The molecule has 2 aliphatic heterocycles. The fourth-order valence-electron chi connectivity index (χ4n) is 2.27. The third kappa shape index (κ3) is 1.35. The van der Waals surface area contributed by atoms with Gasteiger partial charge in [-0.15, -0.1) is 0 Å². The maximum Gasteiger partial charge on any atom is 0.321 e. The zero-order valence-corrected chi connectivity index (χ0v) is 7.71. The molecule has 0 radical (unpaired) electrons. The van der Waals surface area contributed by atoms with Crippen molar-refractivity contribution in [2.45, 2.75) is 19.3 Å². The summed E-state index contributed by atoms with van der Waals surface area (Å²) in [6, 6.07) is 0. The van der Waals surface area contributed by atoms with E-state index >= 15 is 0 Å². The first kappa shape index (κ1) is 8.69. The number of carbonyl (C=O) groups is 2. The minimum atomic E-state index is -0.510. The van der Waals surface area contributed by atoms with Crippen molar-refractivity contribution < 1.29 is 14.3 Å². The van der Waals surface area contributed by atoms with E-state index in [-0.39, 0.29) is 18.4 Å². The van der Waals surface area contributed by atoms with Crippen LogP contribution in [0, 0.1) is 5.41 Å². The average molecular weight is 183 g/mol. The summed E-state index contributed by atoms with van der Waals surface area (Å²) in [6.07, 6.45) is 2.04. The van der Waals surface area contributed by atoms with Crippen LogP contribution in [0.25, 0.3) is 0 Å². The van der Waals surface area contributed by atoms with Gasteiger partial charge in [-0.1, -0.05) is 0 Å². The van der Waals surface area contributed by atoms with Gasteiger partial charge in [-0.05, 0) is 26.4 Å². The molecule has 4 heteroatoms. The van der Waals surface area contributed by atoms with Gasteiger partial charge in [-0.2, -0.15) is 0 Å². The standard InChI is InChI=1S/C9H13NO3/c1-10-4-2-3-9(6-10)5-7(11)13-8(9)12/h2-6H2,1H3. The Morgan fingerprint density at radius 3 is 2.77 bits per heavy atom. The van der Waals surface area contributed by atoms with E-state index in [0.29, 0.717) is 6.54 Å². The predicted octanol–water partition coefficient (Wildman–Crippen LogP) is 0.172. The van der Waals surface area contributed by atoms with Crippen molar-refractivity contribution in [3.05, 3.63) is 0 Å². The first-order valence-electron chi connectivity index (χ1n) is 4.56. The molecule has 2 fully saturated rings. The van der Waals surface area contributed by atoms with Crippen LogP contribution in [0.15, 0.2) is 0 Å². The summed E-state index contributed by atoms with van der Waals surface area (Å²) in [4.78, 5) is 24.5. The number of likely N-dealkylation sites (tertiary alicyclic amines) is 1. The lowest BCUT2D eigenvalue weighted by Gasteiger charge is -2.34. The molecule has 0 bridgehead atoms. The molecule has 2 rings (SSSR count). The van der Waals surface area contributed by atoms with Crippen LogP contribution in [0.2, 0.25) is 0 Å². The topological polar surface area (TPSA) is 46.6 Å². The number of ether oxygens (including phenoxy) is 1. The van der Waals surface area contributed by atoms with Crippen LogP contribution < -0.4 is 0 Å². The smallest absolute Gasteiger partial charge is 0.321 e. The SMILES string of the molecule is CN1CCCC2(CC(=O)OC2=O)C1. The Labute approximate surface area is 76.8 Å². The van der Waals surface area contributed by atoms with Crippen molar-refractivity contribution in [3.63, 3.8) is 0 Å². The Balaban J connectivity index is 2.19. The molecule has 0 saturated carbocycles. The Hall–Kier alpha value is -0.900. The average Bonchev–Trinajstić information content (AvgIpc) is 2.26. The van der Waals surface area contributed by atoms with Gasteiger partial charge in [0.05, 0.1) is 11.8 Å². The monoisotopic (exact) mass is 183 g/mol. The van der Waals surface area contributed by atoms with Crippen molar-refractivity contribution in [1.29, 1.82) is 0 Å². The molecule has 1 unspecified atom stereocenters. The summed E-state index contributed by atoms with van der Waals surface area (Å²) in [5.74, 6) is -0.677. The van der Waals surface area contributed by atoms with Crippen LogP contribution in [0.5, 0.6) is 0 Å². The molecule has 13 heavy (non-hydrogen) atoms. The van der Waals surface area contributed by atoms with Crippen molar-refractivity contribution in [2.24, 2.45) is 5.41 Å². The molecule has 1 atom stereocenters. The quantitative estimate of drug-likeness (QED) is 0.397. The first-order valence-corrected chi connectivity index (χ1v) is 4.56. The molecule has 2 aliphatic rings. The van der Waals surface area contributed by atoms with E-state index in [1.165, 1.54) is 0 Å². The second-order valence-corrected chi connectivity index (χ2v) is 4.06. The molecular formula is C9H13NO3. The largest absolute Gasteiger partial charge is 0.393 e. The summed E-state index contributed by atoms with van der Waals surface area (Å²) in [7, 11) is 1.97. The molecule has 0 aliphatic carbocycles. The van der Waals surface area contributed by atoms with Gasteiger partial charge >= 0.3 is 11.9 Å². The molecule has 0 amide bonds. The van der Waals surface area contributed by atoms with E-state index in [0.717, 1.165) is 19.4 Å². The Morgan fingerprint density at radius 2 is 2.23 bits per heavy atom. The summed E-state index contributed by atoms with van der Waals surface area (Å²) in [5.41, 5.74) is -0.510. The molecule has 0 N–H and O–H groups in total. The van der Waals surface area contributed by atoms with Gasteiger partial charge < -0.3 is 9.64 Å². The zero-order valence-electron chi connectivity index (χ0n) is 7.71. The van der Waals surface area contributed by atoms with Crippen LogP contribution in [-0.4, -0.2) is 37.0 Å². The normalized spacial score (nSPS) is 35.5. The van der Waals surface area contributed by atoms with Gasteiger partial charge in [0, 0.05) is 6.54 Å². The third-order valence-corrected chi connectivity index (χ3v) is 2.89. The number of cyclic esters (lactones) is 2. The second-order valence-electron chi connectivity index (χ2n) is 4.06. The number of hydrogen-bond acceptors (Lipinski definition) is 4. The molecule has 0 aromatic heterocycles.